The molecular weight excluding hydrogens is 294 g/mol. The molecule has 1 saturated heterocycles. The van der Waals surface area contributed by atoms with Crippen molar-refractivity contribution in [2.75, 3.05) is 26.4 Å². The van der Waals surface area contributed by atoms with Gasteiger partial charge in [0, 0.05) is 18.0 Å². The maximum atomic E-state index is 12.2. The zero-order valence-electron chi connectivity index (χ0n) is 11.7. The van der Waals surface area contributed by atoms with Gasteiger partial charge in [-0.15, -0.1) is 11.3 Å². The van der Waals surface area contributed by atoms with Crippen LogP contribution in [0.4, 0.5) is 0 Å². The molecule has 2 rings (SSSR count). The lowest BCUT2D eigenvalue weighted by atomic mass is 10.2. The Morgan fingerprint density at radius 3 is 2.95 bits per heavy atom. The smallest absolute Gasteiger partial charge is 0.329 e. The molecule has 1 fully saturated rings. The van der Waals surface area contributed by atoms with Gasteiger partial charge in [-0.1, -0.05) is 6.07 Å². The molecule has 0 saturated carbocycles. The first-order valence-electron chi connectivity index (χ1n) is 6.86. The molecule has 1 N–H and O–H groups in total. The first-order chi connectivity index (χ1) is 10.1. The van der Waals surface area contributed by atoms with Crippen molar-refractivity contribution < 1.29 is 24.2 Å². The Morgan fingerprint density at radius 2 is 2.33 bits per heavy atom. The highest BCUT2D eigenvalue weighted by Gasteiger charge is 2.23. The molecular formula is C14H19NO5S. The predicted octanol–water partition coefficient (Wildman–Crippen LogP) is 1.36. The Hall–Kier alpha value is -1.44. The Balaban J connectivity index is 1.89. The molecule has 1 aromatic rings. The van der Waals surface area contributed by atoms with Crippen LogP contribution in [0.15, 0.2) is 17.5 Å². The number of aliphatic carboxylic acids is 1. The van der Waals surface area contributed by atoms with Crippen molar-refractivity contribution in [3.63, 3.8) is 0 Å². The maximum absolute atomic E-state index is 12.2. The van der Waals surface area contributed by atoms with Crippen LogP contribution < -0.4 is 0 Å². The van der Waals surface area contributed by atoms with Gasteiger partial charge >= 0.3 is 5.97 Å². The SMILES string of the molecule is O=C(O)COCC(=O)N(Cc1cccs1)CC1CCCO1. The van der Waals surface area contributed by atoms with E-state index in [0.29, 0.717) is 13.1 Å². The zero-order valence-corrected chi connectivity index (χ0v) is 12.5. The summed E-state index contributed by atoms with van der Waals surface area (Å²) in [6.07, 6.45) is 2.03. The fourth-order valence-corrected chi connectivity index (χ4v) is 2.92. The molecule has 1 amide bonds. The third-order valence-electron chi connectivity index (χ3n) is 3.18. The van der Waals surface area contributed by atoms with Gasteiger partial charge in [0.05, 0.1) is 12.6 Å². The Morgan fingerprint density at radius 1 is 1.48 bits per heavy atom. The van der Waals surface area contributed by atoms with Crippen molar-refractivity contribution in [2.45, 2.75) is 25.5 Å². The highest BCUT2D eigenvalue weighted by molar-refractivity contribution is 7.09. The number of amides is 1. The van der Waals surface area contributed by atoms with Crippen LogP contribution in [-0.4, -0.2) is 54.4 Å². The molecule has 21 heavy (non-hydrogen) atoms. The Bertz CT molecular complexity index is 456. The normalized spacial score (nSPS) is 17.8. The third kappa shape index (κ3) is 5.45. The number of nitrogens with zero attached hydrogens (tertiary/aromatic N) is 1. The van der Waals surface area contributed by atoms with Crippen LogP contribution in [0.1, 0.15) is 17.7 Å². The van der Waals surface area contributed by atoms with Crippen molar-refractivity contribution in [3.8, 4) is 0 Å². The maximum Gasteiger partial charge on any atom is 0.329 e. The summed E-state index contributed by atoms with van der Waals surface area (Å²) in [5.41, 5.74) is 0. The molecule has 0 spiro atoms. The molecule has 0 radical (unpaired) electrons. The number of thiophene rings is 1. The summed E-state index contributed by atoms with van der Waals surface area (Å²) >= 11 is 1.59. The fraction of sp³-hybridized carbons (Fsp3) is 0.571. The van der Waals surface area contributed by atoms with Gasteiger partial charge < -0.3 is 19.5 Å². The largest absolute Gasteiger partial charge is 0.480 e. The highest BCUT2D eigenvalue weighted by atomic mass is 32.1. The van der Waals surface area contributed by atoms with Gasteiger partial charge in [0.2, 0.25) is 5.91 Å². The van der Waals surface area contributed by atoms with E-state index in [1.807, 2.05) is 17.5 Å². The van der Waals surface area contributed by atoms with E-state index in [0.717, 1.165) is 24.3 Å². The quantitative estimate of drug-likeness (QED) is 0.784. The molecule has 116 valence electrons. The average Bonchev–Trinajstić information content (AvgIpc) is 3.10. The van der Waals surface area contributed by atoms with E-state index in [4.69, 9.17) is 14.6 Å². The van der Waals surface area contributed by atoms with E-state index in [9.17, 15) is 9.59 Å². The number of hydrogen-bond donors (Lipinski definition) is 1. The topological polar surface area (TPSA) is 76.1 Å². The van der Waals surface area contributed by atoms with E-state index in [2.05, 4.69) is 0 Å². The Labute approximate surface area is 127 Å². The molecule has 1 aromatic heterocycles. The summed E-state index contributed by atoms with van der Waals surface area (Å²) in [5, 5.41) is 10.5. The predicted molar refractivity (Wildman–Crippen MR) is 77.2 cm³/mol. The van der Waals surface area contributed by atoms with E-state index in [1.165, 1.54) is 0 Å². The van der Waals surface area contributed by atoms with E-state index in [-0.39, 0.29) is 18.6 Å². The van der Waals surface area contributed by atoms with Crippen molar-refractivity contribution >= 4 is 23.2 Å². The van der Waals surface area contributed by atoms with Crippen molar-refractivity contribution in [1.82, 2.24) is 4.90 Å². The first-order valence-corrected chi connectivity index (χ1v) is 7.74. The molecule has 1 atom stereocenters. The molecule has 0 bridgehead atoms. The van der Waals surface area contributed by atoms with E-state index in [1.54, 1.807) is 16.2 Å². The number of hydrogen-bond acceptors (Lipinski definition) is 5. The lowest BCUT2D eigenvalue weighted by Gasteiger charge is -2.25. The second-order valence-electron chi connectivity index (χ2n) is 4.88. The number of rotatable bonds is 8. The number of carboxylic acid groups (broad SMARTS) is 1. The van der Waals surface area contributed by atoms with Crippen LogP contribution in [0.5, 0.6) is 0 Å². The Kier molecular flexibility index (Phi) is 6.16. The summed E-state index contributed by atoms with van der Waals surface area (Å²) in [5.74, 6) is -1.29. The fourth-order valence-electron chi connectivity index (χ4n) is 2.20. The van der Waals surface area contributed by atoms with Gasteiger partial charge in [-0.05, 0) is 24.3 Å². The minimum absolute atomic E-state index is 0.0633. The summed E-state index contributed by atoms with van der Waals surface area (Å²) in [7, 11) is 0. The van der Waals surface area contributed by atoms with Crippen LogP contribution >= 0.6 is 11.3 Å². The van der Waals surface area contributed by atoms with Gasteiger partial charge in [-0.2, -0.15) is 0 Å². The first kappa shape index (κ1) is 15.9. The monoisotopic (exact) mass is 313 g/mol. The standard InChI is InChI=1S/C14H19NO5S/c16-13(9-19-10-14(17)18)15(7-11-3-1-5-20-11)8-12-4-2-6-21-12/h2,4,6,11H,1,3,5,7-10H2,(H,17,18). The van der Waals surface area contributed by atoms with Crippen LogP contribution in [0.2, 0.25) is 0 Å². The average molecular weight is 313 g/mol. The molecule has 0 aliphatic carbocycles. The number of carbonyl (C=O) groups excluding carboxylic acids is 1. The lowest BCUT2D eigenvalue weighted by Crippen LogP contribution is -2.39. The minimum atomic E-state index is -1.08. The highest BCUT2D eigenvalue weighted by Crippen LogP contribution is 2.17. The third-order valence-corrected chi connectivity index (χ3v) is 4.04. The van der Waals surface area contributed by atoms with Crippen LogP contribution in [0.3, 0.4) is 0 Å². The van der Waals surface area contributed by atoms with Gasteiger partial charge in [0.25, 0.3) is 0 Å². The molecule has 1 aliphatic rings. The van der Waals surface area contributed by atoms with E-state index < -0.39 is 12.6 Å². The molecule has 1 unspecified atom stereocenters. The summed E-state index contributed by atoms with van der Waals surface area (Å²) in [6, 6.07) is 3.91. The van der Waals surface area contributed by atoms with Crippen LogP contribution in [0, 0.1) is 0 Å². The van der Waals surface area contributed by atoms with Crippen molar-refractivity contribution in [2.24, 2.45) is 0 Å². The molecule has 0 aromatic carbocycles. The van der Waals surface area contributed by atoms with Gasteiger partial charge in [-0.25, -0.2) is 4.79 Å². The van der Waals surface area contributed by atoms with Crippen molar-refractivity contribution in [3.05, 3.63) is 22.4 Å². The summed E-state index contributed by atoms with van der Waals surface area (Å²) < 4.78 is 10.5. The number of ether oxygens (including phenoxy) is 2. The molecule has 2 heterocycles. The molecule has 7 heteroatoms. The van der Waals surface area contributed by atoms with Gasteiger partial charge in [0.1, 0.15) is 13.2 Å². The summed E-state index contributed by atoms with van der Waals surface area (Å²) in [4.78, 5) is 25.4. The van der Waals surface area contributed by atoms with Crippen molar-refractivity contribution in [1.29, 1.82) is 0 Å². The summed E-state index contributed by atoms with van der Waals surface area (Å²) in [6.45, 7) is 1.09. The van der Waals surface area contributed by atoms with E-state index >= 15 is 0 Å². The zero-order chi connectivity index (χ0) is 15.1. The van der Waals surface area contributed by atoms with Crippen LogP contribution in [-0.2, 0) is 25.6 Å². The number of carbonyl (C=O) groups is 2. The molecule has 6 nitrogen and oxygen atoms in total. The number of carboxylic acids is 1. The minimum Gasteiger partial charge on any atom is -0.480 e. The van der Waals surface area contributed by atoms with Gasteiger partial charge in [0.15, 0.2) is 0 Å². The second-order valence-corrected chi connectivity index (χ2v) is 5.91. The van der Waals surface area contributed by atoms with Crippen LogP contribution in [0.25, 0.3) is 0 Å². The van der Waals surface area contributed by atoms with Gasteiger partial charge in [-0.3, -0.25) is 4.79 Å². The second kappa shape index (κ2) is 8.11. The lowest BCUT2D eigenvalue weighted by molar-refractivity contribution is -0.146. The molecule has 1 aliphatic heterocycles.